The molecule has 1 atom stereocenters. The molecule has 0 bridgehead atoms. The van der Waals surface area contributed by atoms with E-state index in [9.17, 15) is 4.79 Å². The Balaban J connectivity index is 1.72. The molecule has 20 heavy (non-hydrogen) atoms. The Labute approximate surface area is 120 Å². The maximum atomic E-state index is 12.1. The summed E-state index contributed by atoms with van der Waals surface area (Å²) in [5.74, 6) is 0.592. The molecule has 0 radical (unpaired) electrons. The second-order valence-corrected chi connectivity index (χ2v) is 5.67. The highest BCUT2D eigenvalue weighted by Crippen LogP contribution is 2.16. The zero-order chi connectivity index (χ0) is 14.4. The highest BCUT2D eigenvalue weighted by Gasteiger charge is 2.23. The number of rotatable bonds is 6. The van der Waals surface area contributed by atoms with Crippen molar-refractivity contribution >= 4 is 5.91 Å². The van der Waals surface area contributed by atoms with Gasteiger partial charge in [0, 0.05) is 19.7 Å². The first-order valence-corrected chi connectivity index (χ1v) is 7.32. The summed E-state index contributed by atoms with van der Waals surface area (Å²) < 4.78 is 5.45. The van der Waals surface area contributed by atoms with Crippen molar-refractivity contribution in [2.45, 2.75) is 32.9 Å². The number of hydrogen-bond donors (Lipinski definition) is 2. The fraction of sp³-hybridized carbons (Fsp3) is 0.562. The van der Waals surface area contributed by atoms with Crippen LogP contribution in [0.5, 0.6) is 0 Å². The summed E-state index contributed by atoms with van der Waals surface area (Å²) in [5, 5.41) is 6.21. The third kappa shape index (κ3) is 4.32. The van der Waals surface area contributed by atoms with Crippen LogP contribution in [-0.2, 0) is 22.5 Å². The lowest BCUT2D eigenvalue weighted by Gasteiger charge is -2.25. The van der Waals surface area contributed by atoms with E-state index >= 15 is 0 Å². The minimum Gasteiger partial charge on any atom is -0.379 e. The van der Waals surface area contributed by atoms with Crippen LogP contribution in [0.15, 0.2) is 24.3 Å². The maximum Gasteiger partial charge on any atom is 0.237 e. The number of carbonyl (C=O) groups excluding carboxylic acids is 1. The zero-order valence-corrected chi connectivity index (χ0v) is 12.3. The van der Waals surface area contributed by atoms with E-state index in [0.717, 1.165) is 19.6 Å². The van der Waals surface area contributed by atoms with Gasteiger partial charge in [0.25, 0.3) is 0 Å². The molecule has 1 heterocycles. The first-order valence-electron chi connectivity index (χ1n) is 7.32. The first-order chi connectivity index (χ1) is 9.66. The van der Waals surface area contributed by atoms with E-state index in [1.165, 1.54) is 11.1 Å². The summed E-state index contributed by atoms with van der Waals surface area (Å²) >= 11 is 0. The predicted octanol–water partition coefficient (Wildman–Crippen LogP) is 1.49. The fourth-order valence-electron chi connectivity index (χ4n) is 2.33. The molecule has 0 aromatic heterocycles. The predicted molar refractivity (Wildman–Crippen MR) is 79.4 cm³/mol. The van der Waals surface area contributed by atoms with Gasteiger partial charge in [0.2, 0.25) is 5.91 Å². The van der Waals surface area contributed by atoms with Gasteiger partial charge in [-0.15, -0.1) is 0 Å². The average Bonchev–Trinajstić information content (AvgIpc) is 2.46. The molecule has 1 amide bonds. The van der Waals surface area contributed by atoms with E-state index in [-0.39, 0.29) is 11.9 Å². The van der Waals surface area contributed by atoms with E-state index in [1.807, 2.05) is 12.1 Å². The van der Waals surface area contributed by atoms with Gasteiger partial charge in [-0.2, -0.15) is 0 Å². The highest BCUT2D eigenvalue weighted by atomic mass is 16.5. The Bertz CT molecular complexity index is 446. The van der Waals surface area contributed by atoms with Crippen LogP contribution in [0.25, 0.3) is 0 Å². The molecule has 110 valence electrons. The monoisotopic (exact) mass is 276 g/mol. The number of nitrogens with one attached hydrogen (secondary N) is 2. The third-order valence-electron chi connectivity index (χ3n) is 3.39. The molecule has 4 heteroatoms. The molecule has 2 N–H and O–H groups in total. The van der Waals surface area contributed by atoms with Crippen LogP contribution in [0.1, 0.15) is 25.0 Å². The molecule has 0 spiro atoms. The van der Waals surface area contributed by atoms with E-state index in [1.54, 1.807) is 0 Å². The van der Waals surface area contributed by atoms with Crippen LogP contribution in [0.3, 0.4) is 0 Å². The highest BCUT2D eigenvalue weighted by molar-refractivity contribution is 5.82. The molecule has 0 fully saturated rings. The lowest BCUT2D eigenvalue weighted by atomic mass is 9.95. The number of fused-ring (bicyclic) bond motifs is 1. The van der Waals surface area contributed by atoms with Crippen LogP contribution in [0.4, 0.5) is 0 Å². The molecule has 1 aromatic carbocycles. The van der Waals surface area contributed by atoms with Crippen LogP contribution in [0.2, 0.25) is 0 Å². The van der Waals surface area contributed by atoms with Gasteiger partial charge in [0.05, 0.1) is 12.6 Å². The molecule has 0 saturated heterocycles. The Kier molecular flexibility index (Phi) is 5.56. The smallest absolute Gasteiger partial charge is 0.237 e. The summed E-state index contributed by atoms with van der Waals surface area (Å²) in [5.41, 5.74) is 2.55. The molecular formula is C16H24N2O2. The van der Waals surface area contributed by atoms with Gasteiger partial charge in [0.1, 0.15) is 0 Å². The number of amides is 1. The minimum atomic E-state index is -0.130. The Morgan fingerprint density at radius 1 is 1.40 bits per heavy atom. The van der Waals surface area contributed by atoms with E-state index in [4.69, 9.17) is 4.74 Å². The molecule has 0 aliphatic carbocycles. The molecule has 1 aliphatic rings. The van der Waals surface area contributed by atoms with Crippen molar-refractivity contribution in [2.75, 3.05) is 19.8 Å². The summed E-state index contributed by atoms with van der Waals surface area (Å²) in [6, 6.07) is 8.14. The Morgan fingerprint density at radius 3 is 2.90 bits per heavy atom. The van der Waals surface area contributed by atoms with Crippen molar-refractivity contribution in [3.8, 4) is 0 Å². The van der Waals surface area contributed by atoms with E-state index in [2.05, 4.69) is 36.6 Å². The second kappa shape index (κ2) is 7.41. The van der Waals surface area contributed by atoms with E-state index < -0.39 is 0 Å². The van der Waals surface area contributed by atoms with Crippen molar-refractivity contribution in [3.05, 3.63) is 35.4 Å². The average molecular weight is 276 g/mol. The number of hydrogen-bond acceptors (Lipinski definition) is 3. The van der Waals surface area contributed by atoms with Gasteiger partial charge in [-0.3, -0.25) is 4.79 Å². The topological polar surface area (TPSA) is 50.4 Å². The van der Waals surface area contributed by atoms with Gasteiger partial charge < -0.3 is 15.4 Å². The van der Waals surface area contributed by atoms with Crippen LogP contribution in [-0.4, -0.2) is 31.7 Å². The molecule has 0 saturated carbocycles. The lowest BCUT2D eigenvalue weighted by Crippen LogP contribution is -2.48. The Morgan fingerprint density at radius 2 is 2.15 bits per heavy atom. The molecule has 1 unspecified atom stereocenters. The quantitative estimate of drug-likeness (QED) is 0.774. The van der Waals surface area contributed by atoms with Crippen molar-refractivity contribution < 1.29 is 9.53 Å². The largest absolute Gasteiger partial charge is 0.379 e. The van der Waals surface area contributed by atoms with Gasteiger partial charge >= 0.3 is 0 Å². The SMILES string of the molecule is CC(C)COCCNC(=O)C1Cc2ccccc2CN1. The van der Waals surface area contributed by atoms with Gasteiger partial charge in [-0.05, 0) is 23.5 Å². The van der Waals surface area contributed by atoms with Crippen molar-refractivity contribution in [2.24, 2.45) is 5.92 Å². The molecule has 1 aromatic rings. The molecular weight excluding hydrogens is 252 g/mol. The Hall–Kier alpha value is -1.39. The molecule has 1 aliphatic heterocycles. The summed E-state index contributed by atoms with van der Waals surface area (Å²) in [6.45, 7) is 6.88. The normalized spacial score (nSPS) is 17.9. The van der Waals surface area contributed by atoms with Gasteiger partial charge in [-0.25, -0.2) is 0 Å². The third-order valence-corrected chi connectivity index (χ3v) is 3.39. The zero-order valence-electron chi connectivity index (χ0n) is 12.3. The van der Waals surface area contributed by atoms with Crippen LogP contribution in [0, 0.1) is 5.92 Å². The number of ether oxygens (including phenoxy) is 1. The summed E-state index contributed by atoms with van der Waals surface area (Å²) in [7, 11) is 0. The molecule has 4 nitrogen and oxygen atoms in total. The molecule has 2 rings (SSSR count). The van der Waals surface area contributed by atoms with Crippen molar-refractivity contribution in [1.29, 1.82) is 0 Å². The standard InChI is InChI=1S/C16H24N2O2/c1-12(2)11-20-8-7-17-16(19)15-9-13-5-3-4-6-14(13)10-18-15/h3-6,12,15,18H,7-11H2,1-2H3,(H,17,19). The maximum absolute atomic E-state index is 12.1. The first kappa shape index (κ1) is 15.0. The van der Waals surface area contributed by atoms with Crippen molar-refractivity contribution in [3.63, 3.8) is 0 Å². The lowest BCUT2D eigenvalue weighted by molar-refractivity contribution is -0.123. The van der Waals surface area contributed by atoms with E-state index in [0.29, 0.717) is 19.1 Å². The van der Waals surface area contributed by atoms with Crippen LogP contribution >= 0.6 is 0 Å². The van der Waals surface area contributed by atoms with Gasteiger partial charge in [-0.1, -0.05) is 38.1 Å². The van der Waals surface area contributed by atoms with Gasteiger partial charge in [0.15, 0.2) is 0 Å². The number of carbonyl (C=O) groups is 1. The fourth-order valence-corrected chi connectivity index (χ4v) is 2.33. The van der Waals surface area contributed by atoms with Crippen molar-refractivity contribution in [1.82, 2.24) is 10.6 Å². The van der Waals surface area contributed by atoms with Crippen LogP contribution < -0.4 is 10.6 Å². The number of benzene rings is 1. The second-order valence-electron chi connectivity index (χ2n) is 5.67. The minimum absolute atomic E-state index is 0.0626. The summed E-state index contributed by atoms with van der Waals surface area (Å²) in [6.07, 6.45) is 0.759. The summed E-state index contributed by atoms with van der Waals surface area (Å²) in [4.78, 5) is 12.1.